The number of guanidine groups is 1. The molecule has 1 saturated heterocycles. The first-order valence-electron chi connectivity index (χ1n) is 10.5. The molecule has 0 radical (unpaired) electrons. The smallest absolute Gasteiger partial charge is 0.419 e. The number of halogens is 3. The zero-order chi connectivity index (χ0) is 21.7. The van der Waals surface area contributed by atoms with Gasteiger partial charge in [0.2, 0.25) is 0 Å². The summed E-state index contributed by atoms with van der Waals surface area (Å²) < 4.78 is 55.3. The maximum atomic E-state index is 13.0. The number of nitrogens with one attached hydrogen (secondary N) is 2. The lowest BCUT2D eigenvalue weighted by Gasteiger charge is -2.21. The standard InChI is InChI=1S/C21H32F3N3O3/c1-2-25-20(26-10-5-12-29-16-17-8-13-28-14-9-17)27-11-15-30-19-7-4-3-6-18(19)21(22,23)24/h3-4,6-7,17H,2,5,8-16H2,1H3,(H2,25,26,27). The molecule has 0 saturated carbocycles. The van der Waals surface area contributed by atoms with Crippen molar-refractivity contribution in [2.24, 2.45) is 10.9 Å². The van der Waals surface area contributed by atoms with Crippen molar-refractivity contribution < 1.29 is 27.4 Å². The quantitative estimate of drug-likeness (QED) is 0.319. The lowest BCUT2D eigenvalue weighted by atomic mass is 10.0. The molecule has 1 aliphatic heterocycles. The molecule has 2 N–H and O–H groups in total. The number of nitrogens with zero attached hydrogens (tertiary/aromatic N) is 1. The molecule has 170 valence electrons. The zero-order valence-corrected chi connectivity index (χ0v) is 17.5. The van der Waals surface area contributed by atoms with Gasteiger partial charge in [0.25, 0.3) is 0 Å². The van der Waals surface area contributed by atoms with Crippen LogP contribution in [0.1, 0.15) is 31.7 Å². The van der Waals surface area contributed by atoms with Crippen LogP contribution in [0.2, 0.25) is 0 Å². The van der Waals surface area contributed by atoms with Gasteiger partial charge >= 0.3 is 6.18 Å². The van der Waals surface area contributed by atoms with Crippen molar-refractivity contribution in [3.05, 3.63) is 29.8 Å². The van der Waals surface area contributed by atoms with E-state index in [0.29, 0.717) is 38.1 Å². The number of ether oxygens (including phenoxy) is 3. The van der Waals surface area contributed by atoms with Gasteiger partial charge in [-0.3, -0.25) is 4.99 Å². The topological polar surface area (TPSA) is 64.1 Å². The van der Waals surface area contributed by atoms with Gasteiger partial charge in [0.05, 0.1) is 12.1 Å². The Balaban J connectivity index is 1.65. The molecule has 1 aromatic carbocycles. The van der Waals surface area contributed by atoms with Gasteiger partial charge in [0, 0.05) is 39.5 Å². The van der Waals surface area contributed by atoms with E-state index >= 15 is 0 Å². The third-order valence-corrected chi connectivity index (χ3v) is 4.60. The second-order valence-corrected chi connectivity index (χ2v) is 7.01. The maximum absolute atomic E-state index is 13.0. The number of para-hydroxylation sites is 1. The van der Waals surface area contributed by atoms with E-state index in [0.717, 1.165) is 45.1 Å². The Bertz CT molecular complexity index is 635. The summed E-state index contributed by atoms with van der Waals surface area (Å²) in [4.78, 5) is 4.46. The number of aliphatic imine (C=N–C) groups is 1. The van der Waals surface area contributed by atoms with E-state index in [9.17, 15) is 13.2 Å². The Morgan fingerprint density at radius 1 is 1.17 bits per heavy atom. The van der Waals surface area contributed by atoms with Crippen molar-refractivity contribution >= 4 is 5.96 Å². The summed E-state index contributed by atoms with van der Waals surface area (Å²) in [5.41, 5.74) is -0.772. The number of hydrogen-bond donors (Lipinski definition) is 2. The van der Waals surface area contributed by atoms with Crippen molar-refractivity contribution in [1.29, 1.82) is 0 Å². The summed E-state index contributed by atoms with van der Waals surface area (Å²) >= 11 is 0. The molecule has 9 heteroatoms. The highest BCUT2D eigenvalue weighted by Crippen LogP contribution is 2.35. The third kappa shape index (κ3) is 9.21. The van der Waals surface area contributed by atoms with E-state index in [1.807, 2.05) is 6.92 Å². The number of benzene rings is 1. The van der Waals surface area contributed by atoms with Gasteiger partial charge in [-0.05, 0) is 44.2 Å². The fraction of sp³-hybridized carbons (Fsp3) is 0.667. The van der Waals surface area contributed by atoms with Crippen LogP contribution in [0, 0.1) is 5.92 Å². The Hall–Kier alpha value is -2.00. The lowest BCUT2D eigenvalue weighted by Crippen LogP contribution is -2.39. The lowest BCUT2D eigenvalue weighted by molar-refractivity contribution is -0.138. The van der Waals surface area contributed by atoms with Crippen LogP contribution in [0.5, 0.6) is 5.75 Å². The largest absolute Gasteiger partial charge is 0.491 e. The fourth-order valence-corrected chi connectivity index (χ4v) is 3.02. The van der Waals surface area contributed by atoms with Gasteiger partial charge in [-0.25, -0.2) is 0 Å². The molecule has 0 unspecified atom stereocenters. The van der Waals surface area contributed by atoms with Gasteiger partial charge in [-0.1, -0.05) is 12.1 Å². The van der Waals surface area contributed by atoms with Crippen LogP contribution in [0.3, 0.4) is 0 Å². The van der Waals surface area contributed by atoms with Gasteiger partial charge in [0.1, 0.15) is 12.4 Å². The summed E-state index contributed by atoms with van der Waals surface area (Å²) in [5.74, 6) is 1.02. The van der Waals surface area contributed by atoms with Crippen LogP contribution in [0.25, 0.3) is 0 Å². The molecule has 0 atom stereocenters. The average Bonchev–Trinajstić information content (AvgIpc) is 2.74. The Kier molecular flexibility index (Phi) is 10.8. The second-order valence-electron chi connectivity index (χ2n) is 7.01. The molecule has 30 heavy (non-hydrogen) atoms. The summed E-state index contributed by atoms with van der Waals surface area (Å²) in [7, 11) is 0. The summed E-state index contributed by atoms with van der Waals surface area (Å²) in [5, 5.41) is 6.18. The first-order valence-corrected chi connectivity index (χ1v) is 10.5. The molecule has 0 aromatic heterocycles. The van der Waals surface area contributed by atoms with Gasteiger partial charge in [-0.15, -0.1) is 0 Å². The Morgan fingerprint density at radius 2 is 1.93 bits per heavy atom. The van der Waals surface area contributed by atoms with E-state index in [4.69, 9.17) is 14.2 Å². The van der Waals surface area contributed by atoms with Crippen molar-refractivity contribution in [3.8, 4) is 5.75 Å². The second kappa shape index (κ2) is 13.3. The van der Waals surface area contributed by atoms with Crippen molar-refractivity contribution in [2.45, 2.75) is 32.4 Å². The van der Waals surface area contributed by atoms with Crippen LogP contribution < -0.4 is 15.4 Å². The van der Waals surface area contributed by atoms with Crippen molar-refractivity contribution in [2.75, 3.05) is 52.7 Å². The molecule has 1 aromatic rings. The highest BCUT2D eigenvalue weighted by Gasteiger charge is 2.33. The molecule has 0 spiro atoms. The molecule has 1 heterocycles. The number of alkyl halides is 3. The van der Waals surface area contributed by atoms with Crippen LogP contribution >= 0.6 is 0 Å². The molecule has 2 rings (SSSR count). The minimum absolute atomic E-state index is 0.0890. The number of hydrogen-bond acceptors (Lipinski definition) is 4. The van der Waals surface area contributed by atoms with Crippen molar-refractivity contribution in [3.63, 3.8) is 0 Å². The normalized spacial score (nSPS) is 15.8. The molecule has 6 nitrogen and oxygen atoms in total. The molecule has 0 amide bonds. The molecule has 0 bridgehead atoms. The molecular formula is C21H32F3N3O3. The van der Waals surface area contributed by atoms with Gasteiger partial charge in [0.15, 0.2) is 5.96 Å². The predicted octanol–water partition coefficient (Wildman–Crippen LogP) is 3.47. The first-order chi connectivity index (χ1) is 14.5. The van der Waals surface area contributed by atoms with E-state index in [-0.39, 0.29) is 12.4 Å². The first kappa shape index (κ1) is 24.3. The van der Waals surface area contributed by atoms with E-state index < -0.39 is 11.7 Å². The zero-order valence-electron chi connectivity index (χ0n) is 17.5. The van der Waals surface area contributed by atoms with Crippen LogP contribution in [0.15, 0.2) is 29.3 Å². The summed E-state index contributed by atoms with van der Waals surface area (Å²) in [6.07, 6.45) is -1.52. The van der Waals surface area contributed by atoms with Crippen molar-refractivity contribution in [1.82, 2.24) is 10.6 Å². The predicted molar refractivity (Wildman–Crippen MR) is 110 cm³/mol. The van der Waals surface area contributed by atoms with Gasteiger partial charge < -0.3 is 24.8 Å². The molecule has 1 fully saturated rings. The van der Waals surface area contributed by atoms with E-state index in [1.165, 1.54) is 18.2 Å². The molecular weight excluding hydrogens is 399 g/mol. The van der Waals surface area contributed by atoms with Gasteiger partial charge in [-0.2, -0.15) is 13.2 Å². The molecule has 0 aliphatic carbocycles. The third-order valence-electron chi connectivity index (χ3n) is 4.60. The van der Waals surface area contributed by atoms with Crippen LogP contribution in [-0.2, 0) is 15.7 Å². The number of rotatable bonds is 11. The minimum atomic E-state index is -4.44. The monoisotopic (exact) mass is 431 g/mol. The van der Waals surface area contributed by atoms with E-state index in [1.54, 1.807) is 0 Å². The highest BCUT2D eigenvalue weighted by molar-refractivity contribution is 5.79. The minimum Gasteiger partial charge on any atom is -0.491 e. The highest BCUT2D eigenvalue weighted by atomic mass is 19.4. The Labute approximate surface area is 176 Å². The van der Waals surface area contributed by atoms with Crippen LogP contribution in [-0.4, -0.2) is 58.6 Å². The fourth-order valence-electron chi connectivity index (χ4n) is 3.02. The summed E-state index contributed by atoms with van der Waals surface area (Å²) in [6.45, 7) is 6.71. The Morgan fingerprint density at radius 3 is 2.67 bits per heavy atom. The van der Waals surface area contributed by atoms with E-state index in [2.05, 4.69) is 15.6 Å². The molecule has 1 aliphatic rings. The average molecular weight is 431 g/mol. The SMILES string of the molecule is CCNC(=NCCCOCC1CCOCC1)NCCOc1ccccc1C(F)(F)F. The van der Waals surface area contributed by atoms with Crippen LogP contribution in [0.4, 0.5) is 13.2 Å². The summed E-state index contributed by atoms with van der Waals surface area (Å²) in [6, 6.07) is 5.20. The maximum Gasteiger partial charge on any atom is 0.419 e.